The zero-order chi connectivity index (χ0) is 18.9. The molecule has 0 saturated heterocycles. The maximum Gasteiger partial charge on any atom is 0.264 e. The molecule has 0 bridgehead atoms. The highest BCUT2D eigenvalue weighted by Gasteiger charge is 2.26. The normalized spacial score (nSPS) is 11.5. The summed E-state index contributed by atoms with van der Waals surface area (Å²) in [7, 11) is -2.24. The molecule has 0 aliphatic carbocycles. The third-order valence-electron chi connectivity index (χ3n) is 3.96. The van der Waals surface area contributed by atoms with Crippen LogP contribution in [0.25, 0.3) is 11.6 Å². The zero-order valence-electron chi connectivity index (χ0n) is 15.0. The Morgan fingerprint density at radius 1 is 1.19 bits per heavy atom. The molecule has 0 radical (unpaired) electrons. The minimum Gasteiger partial charge on any atom is -0.497 e. The second-order valence-corrected chi connectivity index (χ2v) is 7.39. The molecule has 3 rings (SSSR count). The molecule has 138 valence electrons. The highest BCUT2D eigenvalue weighted by molar-refractivity contribution is 7.92. The van der Waals surface area contributed by atoms with Crippen LogP contribution in [0.5, 0.6) is 5.75 Å². The monoisotopic (exact) mass is 376 g/mol. The van der Waals surface area contributed by atoms with Gasteiger partial charge in [0.15, 0.2) is 0 Å². The fraction of sp³-hybridized carbons (Fsp3) is 0.294. The molecular formula is C17H20N4O4S. The summed E-state index contributed by atoms with van der Waals surface area (Å²) < 4.78 is 39.0. The highest BCUT2D eigenvalue weighted by atomic mass is 32.2. The van der Waals surface area contributed by atoms with E-state index in [1.165, 1.54) is 0 Å². The maximum atomic E-state index is 12.9. The largest absolute Gasteiger partial charge is 0.497 e. The lowest BCUT2D eigenvalue weighted by Crippen LogP contribution is -2.14. The lowest BCUT2D eigenvalue weighted by atomic mass is 10.2. The predicted octanol–water partition coefficient (Wildman–Crippen LogP) is 3.05. The first kappa shape index (κ1) is 18.0. The number of benzene rings is 1. The summed E-state index contributed by atoms with van der Waals surface area (Å²) in [5.41, 5.74) is 1.97. The van der Waals surface area contributed by atoms with Crippen molar-refractivity contribution in [3.8, 4) is 17.3 Å². The van der Waals surface area contributed by atoms with E-state index in [4.69, 9.17) is 9.15 Å². The van der Waals surface area contributed by atoms with Gasteiger partial charge in [-0.05, 0) is 38.1 Å². The average Bonchev–Trinajstić information content (AvgIpc) is 3.19. The van der Waals surface area contributed by atoms with Gasteiger partial charge < -0.3 is 14.1 Å². The summed E-state index contributed by atoms with van der Waals surface area (Å²) in [4.78, 5) is 3.21. The number of rotatable bonds is 6. The molecule has 2 N–H and O–H groups in total. The molecule has 0 unspecified atom stereocenters. The van der Waals surface area contributed by atoms with Crippen molar-refractivity contribution in [2.75, 3.05) is 11.8 Å². The Bertz CT molecular complexity index is 1020. The molecule has 0 spiro atoms. The Morgan fingerprint density at radius 3 is 2.46 bits per heavy atom. The van der Waals surface area contributed by atoms with Crippen LogP contribution in [0.2, 0.25) is 0 Å². The van der Waals surface area contributed by atoms with E-state index in [9.17, 15) is 8.42 Å². The van der Waals surface area contributed by atoms with Crippen molar-refractivity contribution in [3.05, 3.63) is 41.4 Å². The van der Waals surface area contributed by atoms with Crippen LogP contribution in [0.1, 0.15) is 24.1 Å². The van der Waals surface area contributed by atoms with Gasteiger partial charge in [0.2, 0.25) is 5.89 Å². The van der Waals surface area contributed by atoms with Crippen LogP contribution in [-0.4, -0.2) is 30.7 Å². The number of H-pyrrole nitrogens is 1. The Balaban J connectivity index is 1.96. The second kappa shape index (κ2) is 6.83. The number of nitrogens with zero attached hydrogens (tertiary/aromatic N) is 2. The number of anilines is 1. The molecule has 0 atom stereocenters. The van der Waals surface area contributed by atoms with Gasteiger partial charge in [0, 0.05) is 23.4 Å². The summed E-state index contributed by atoms with van der Waals surface area (Å²) in [6.45, 7) is 5.30. The van der Waals surface area contributed by atoms with Gasteiger partial charge in [0.25, 0.3) is 15.9 Å². The number of ether oxygens (including phenoxy) is 1. The molecular weight excluding hydrogens is 356 g/mol. The first-order valence-corrected chi connectivity index (χ1v) is 9.52. The lowest BCUT2D eigenvalue weighted by molar-refractivity contribution is 0.415. The van der Waals surface area contributed by atoms with E-state index in [1.54, 1.807) is 45.2 Å². The van der Waals surface area contributed by atoms with Crippen LogP contribution in [0, 0.1) is 13.8 Å². The molecule has 0 amide bonds. The van der Waals surface area contributed by atoms with E-state index in [2.05, 4.69) is 19.9 Å². The van der Waals surface area contributed by atoms with Crippen molar-refractivity contribution in [2.24, 2.45) is 0 Å². The molecule has 0 fully saturated rings. The first-order chi connectivity index (χ1) is 12.4. The van der Waals surface area contributed by atoms with Crippen LogP contribution in [0.15, 0.2) is 33.6 Å². The molecule has 0 aliphatic heterocycles. The van der Waals surface area contributed by atoms with Crippen molar-refractivity contribution in [1.82, 2.24) is 15.2 Å². The van der Waals surface area contributed by atoms with Gasteiger partial charge in [-0.25, -0.2) is 8.42 Å². The quantitative estimate of drug-likeness (QED) is 0.684. The number of hydrogen-bond acceptors (Lipinski definition) is 6. The van der Waals surface area contributed by atoms with E-state index in [1.807, 2.05) is 6.92 Å². The number of nitrogens with one attached hydrogen (secondary N) is 2. The van der Waals surface area contributed by atoms with Gasteiger partial charge in [0.1, 0.15) is 16.3 Å². The van der Waals surface area contributed by atoms with E-state index in [-0.39, 0.29) is 10.8 Å². The lowest BCUT2D eigenvalue weighted by Gasteiger charge is -2.09. The van der Waals surface area contributed by atoms with Gasteiger partial charge >= 0.3 is 0 Å². The number of methoxy groups -OCH3 is 1. The summed E-state index contributed by atoms with van der Waals surface area (Å²) in [5, 5.41) is 7.90. The summed E-state index contributed by atoms with van der Waals surface area (Å²) in [5.74, 6) is 1.41. The zero-order valence-corrected chi connectivity index (χ0v) is 15.8. The van der Waals surface area contributed by atoms with Crippen molar-refractivity contribution >= 4 is 15.7 Å². The van der Waals surface area contributed by atoms with Crippen LogP contribution in [-0.2, 0) is 16.4 Å². The number of hydrogen-bond donors (Lipinski definition) is 2. The third-order valence-corrected chi connectivity index (χ3v) is 5.62. The minimum atomic E-state index is -3.79. The average molecular weight is 376 g/mol. The van der Waals surface area contributed by atoms with Gasteiger partial charge in [-0.15, -0.1) is 10.2 Å². The Kier molecular flexibility index (Phi) is 4.73. The smallest absolute Gasteiger partial charge is 0.264 e. The molecule has 8 nitrogen and oxygen atoms in total. The number of sulfonamides is 1. The van der Waals surface area contributed by atoms with E-state index in [0.717, 1.165) is 0 Å². The number of aryl methyl sites for hydroxylation is 2. The Hall–Kier alpha value is -2.81. The SMILES string of the molecule is CCc1nnc(-c2[nH]c(C)c(S(=O)(=O)Nc3ccc(OC)cc3)c2C)o1. The van der Waals surface area contributed by atoms with E-state index < -0.39 is 10.0 Å². The van der Waals surface area contributed by atoms with E-state index in [0.29, 0.717) is 40.7 Å². The highest BCUT2D eigenvalue weighted by Crippen LogP contribution is 2.31. The summed E-state index contributed by atoms with van der Waals surface area (Å²) in [6, 6.07) is 6.65. The molecule has 1 aromatic carbocycles. The van der Waals surface area contributed by atoms with Crippen molar-refractivity contribution in [1.29, 1.82) is 0 Å². The second-order valence-electron chi connectivity index (χ2n) is 5.77. The molecule has 26 heavy (non-hydrogen) atoms. The van der Waals surface area contributed by atoms with Crippen molar-refractivity contribution in [3.63, 3.8) is 0 Å². The molecule has 3 aromatic rings. The van der Waals surface area contributed by atoms with Crippen LogP contribution in [0.4, 0.5) is 5.69 Å². The van der Waals surface area contributed by atoms with Crippen LogP contribution < -0.4 is 9.46 Å². The fourth-order valence-corrected chi connectivity index (χ4v) is 4.22. The first-order valence-electron chi connectivity index (χ1n) is 8.04. The molecule has 0 aliphatic rings. The van der Waals surface area contributed by atoms with Crippen molar-refractivity contribution < 1.29 is 17.6 Å². The van der Waals surface area contributed by atoms with Crippen LogP contribution in [0.3, 0.4) is 0 Å². The third kappa shape index (κ3) is 3.30. The minimum absolute atomic E-state index is 0.166. The Morgan fingerprint density at radius 2 is 1.88 bits per heavy atom. The van der Waals surface area contributed by atoms with Crippen molar-refractivity contribution in [2.45, 2.75) is 32.1 Å². The molecule has 9 heteroatoms. The Labute approximate surface area is 151 Å². The predicted molar refractivity (Wildman–Crippen MR) is 96.7 cm³/mol. The number of aromatic amines is 1. The van der Waals surface area contributed by atoms with Crippen LogP contribution >= 0.6 is 0 Å². The standard InChI is InChI=1S/C17H20N4O4S/c1-5-14-19-20-17(25-14)15-10(2)16(11(3)18-15)26(22,23)21-12-6-8-13(24-4)9-7-12/h6-9,18,21H,5H2,1-4H3. The van der Waals surface area contributed by atoms with Gasteiger partial charge in [0.05, 0.1) is 7.11 Å². The fourth-order valence-electron chi connectivity index (χ4n) is 2.71. The molecule has 0 saturated carbocycles. The number of aromatic nitrogens is 3. The maximum absolute atomic E-state index is 12.9. The van der Waals surface area contributed by atoms with E-state index >= 15 is 0 Å². The molecule has 2 heterocycles. The van der Waals surface area contributed by atoms with Gasteiger partial charge in [-0.3, -0.25) is 4.72 Å². The van der Waals surface area contributed by atoms with Gasteiger partial charge in [-0.1, -0.05) is 6.92 Å². The molecule has 2 aromatic heterocycles. The summed E-state index contributed by atoms with van der Waals surface area (Å²) >= 11 is 0. The topological polar surface area (TPSA) is 110 Å². The van der Waals surface area contributed by atoms with Gasteiger partial charge in [-0.2, -0.15) is 0 Å². The summed E-state index contributed by atoms with van der Waals surface area (Å²) in [6.07, 6.45) is 0.607.